The third-order valence-electron chi connectivity index (χ3n) is 22.1. The molecule has 4 aromatic heterocycles. The van der Waals surface area contributed by atoms with Crippen molar-refractivity contribution in [2.24, 2.45) is 0 Å². The Bertz CT molecular complexity index is 8030. The maximum Gasteiger partial charge on any atom is 0.252 e. The zero-order valence-electron chi connectivity index (χ0n) is 82.2. The molecule has 0 amide bonds. The molecule has 0 bridgehead atoms. The lowest BCUT2D eigenvalue weighted by atomic mass is 9.34. The predicted molar refractivity (Wildman–Crippen MR) is 461 cm³/mol. The Morgan fingerprint density at radius 2 is 0.570 bits per heavy atom. The number of aromatic nitrogens is 4. The van der Waals surface area contributed by atoms with E-state index in [1.165, 1.54) is 9.13 Å². The molecule has 0 saturated carbocycles. The highest BCUT2D eigenvalue weighted by Gasteiger charge is 2.42. The number of fused-ring (bicyclic) bond motifs is 24. The number of rotatable bonds is 4. The Kier molecular flexibility index (Phi) is 9.56. The molecule has 2 aliphatic heterocycles. The van der Waals surface area contributed by atoms with Gasteiger partial charge in [-0.25, -0.2) is 0 Å². The highest BCUT2D eigenvalue weighted by atomic mass is 15.1. The first-order valence-corrected chi connectivity index (χ1v) is 36.2. The summed E-state index contributed by atoms with van der Waals surface area (Å²) in [5.41, 5.74) is 1.46. The lowest BCUT2D eigenvalue weighted by Crippen LogP contribution is -2.60. The number of benzene rings is 15. The number of nitrogens with zero attached hydrogens (tertiary/aromatic N) is 4. The molecule has 19 aromatic rings. The molecule has 0 fully saturated rings. The van der Waals surface area contributed by atoms with E-state index >= 15 is 0 Å². The van der Waals surface area contributed by atoms with Crippen LogP contribution in [-0.4, -0.2) is 25.0 Å². The highest BCUT2D eigenvalue weighted by molar-refractivity contribution is 7.00. The van der Waals surface area contributed by atoms with Crippen LogP contribution < -0.4 is 16.4 Å². The van der Waals surface area contributed by atoms with E-state index in [1.54, 1.807) is 12.1 Å². The molecule has 0 unspecified atom stereocenters. The lowest BCUT2D eigenvalue weighted by Gasteiger charge is -2.38. The number of para-hydroxylation sites is 6. The lowest BCUT2D eigenvalue weighted by molar-refractivity contribution is 0.589. The van der Waals surface area contributed by atoms with E-state index < -0.39 is 144 Å². The summed E-state index contributed by atoms with van der Waals surface area (Å²) in [5.74, 6) is 0. The molecule has 0 spiro atoms. The molecule has 0 radical (unpaired) electrons. The van der Waals surface area contributed by atoms with Crippen molar-refractivity contribution in [1.82, 2.24) is 18.3 Å². The number of hydrogen-bond acceptors (Lipinski definition) is 0. The van der Waals surface area contributed by atoms with E-state index in [1.807, 2.05) is 175 Å². The van der Waals surface area contributed by atoms with Crippen LogP contribution in [0, 0.1) is 0 Å². The minimum atomic E-state index is -1.74. The third kappa shape index (κ3) is 9.23. The van der Waals surface area contributed by atoms with Crippen molar-refractivity contribution < 1.29 is 30.2 Å². The molecular weight excluding hydrogens is 1290 g/mol. The van der Waals surface area contributed by atoms with Gasteiger partial charge < -0.3 is 18.3 Å². The van der Waals surface area contributed by atoms with Gasteiger partial charge in [0, 0.05) is 65.6 Å². The molecule has 0 atom stereocenters. The van der Waals surface area contributed by atoms with Crippen LogP contribution in [0.1, 0.15) is 109 Å². The molecule has 0 N–H and O–H groups in total. The summed E-state index contributed by atoms with van der Waals surface area (Å²) < 4.78 is 234. The maximum absolute atomic E-state index is 12.0. The summed E-state index contributed by atoms with van der Waals surface area (Å²) in [6, 6.07) is 44.3. The predicted octanol–water partition coefficient (Wildman–Crippen LogP) is 25.3. The van der Waals surface area contributed by atoms with Crippen molar-refractivity contribution in [3.63, 3.8) is 0 Å². The average molecular weight is 1390 g/mol. The van der Waals surface area contributed by atoms with Crippen LogP contribution in [-0.2, 0) is 16.2 Å². The molecule has 6 heterocycles. The monoisotopic (exact) mass is 1390 g/mol. The van der Waals surface area contributed by atoms with Gasteiger partial charge in [-0.05, 0) is 152 Å². The van der Waals surface area contributed by atoms with Gasteiger partial charge in [-0.3, -0.25) is 0 Å². The molecule has 4 nitrogen and oxygen atoms in total. The second-order valence-electron chi connectivity index (χ2n) is 31.4. The highest BCUT2D eigenvalue weighted by Crippen LogP contribution is 2.49. The Hall–Kier alpha value is -12.4. The fourth-order valence-corrected chi connectivity index (χ4v) is 17.2. The van der Waals surface area contributed by atoms with E-state index in [-0.39, 0.29) is 122 Å². The van der Waals surface area contributed by atoms with Gasteiger partial charge in [0.15, 0.2) is 0 Å². The van der Waals surface area contributed by atoms with E-state index in [2.05, 4.69) is 65.8 Å². The van der Waals surface area contributed by atoms with Gasteiger partial charge in [0.05, 0.1) is 85.7 Å². The minimum absolute atomic E-state index is 0.0389. The SMILES string of the molecule is [2H]c1c2c3c(c([2H])c1C(C)(C)C)-n1c4c(-c5cccc(C(C)(C)C)c5)cccc4c4ccccc4c4ccccc4c4c(-n5c6c([2H])c([2H])c([2H])c([2H])c6c6c([2H])c([2H])c([2H])c([2H])c65)c([2H])c([2H])c(c41)B3c1c([2H])c([2H])c(-n3c4c([2H])c([2H])c([2H])c([2H])c4c4c([2H])c([2H])c([2H])c([2H])c43)c3c4ccccc4c4ccccc4c4cccc(-c5cccc(C(C)(C)C)c5)c4n-2c13. The Balaban J connectivity index is 1.17. The van der Waals surface area contributed by atoms with Gasteiger partial charge in [0.1, 0.15) is 0 Å². The van der Waals surface area contributed by atoms with E-state index in [4.69, 9.17) is 0 Å². The van der Waals surface area contributed by atoms with Crippen molar-refractivity contribution in [3.8, 4) is 45.0 Å². The van der Waals surface area contributed by atoms with Gasteiger partial charge >= 0.3 is 0 Å². The van der Waals surface area contributed by atoms with Crippen molar-refractivity contribution in [2.45, 2.75) is 78.6 Å². The second kappa shape index (κ2) is 23.0. The topological polar surface area (TPSA) is 19.7 Å². The molecule has 2 aliphatic rings. The first-order chi connectivity index (χ1) is 61.2. The summed E-state index contributed by atoms with van der Waals surface area (Å²) >= 11 is 0. The van der Waals surface area contributed by atoms with Gasteiger partial charge in [0.25, 0.3) is 6.71 Å². The third-order valence-corrected chi connectivity index (χ3v) is 22.1. The molecule has 15 aromatic carbocycles. The van der Waals surface area contributed by atoms with Crippen molar-refractivity contribution in [3.05, 3.63) is 332 Å². The van der Waals surface area contributed by atoms with Crippen LogP contribution in [0.15, 0.2) is 315 Å². The van der Waals surface area contributed by atoms with Crippen molar-refractivity contribution in [2.75, 3.05) is 0 Å². The fourth-order valence-electron chi connectivity index (χ4n) is 17.2. The van der Waals surface area contributed by atoms with Crippen molar-refractivity contribution >= 4 is 153 Å². The smallest absolute Gasteiger partial charge is 0.252 e. The van der Waals surface area contributed by atoms with Crippen LogP contribution in [0.3, 0.4) is 0 Å². The normalized spacial score (nSPS) is 15.8. The zero-order chi connectivity index (χ0) is 91.2. The molecular formula is C102H79BN4. The van der Waals surface area contributed by atoms with Crippen LogP contribution in [0.5, 0.6) is 0 Å². The standard InChI is InChI=1S/C102H79BN4/c1-100(2,3)64-32-26-30-62(58-64)67-46-28-48-81-73-38-12-10-34-69(73)71-36-14-16-44-79(71)93-89(104-85-50-22-18-40-75(85)76-41-19-23-51-86(76)104)56-54-83-98(93)106(96(67)81)91-60-66(102(7,8)9)61-92-95(91)103(83)84-55-57-90(105-87-52-24-20-42-77(87)78-43-21-25-53-88(78)105)94-80-45-17-15-37-72(80)70-35-11-13-39-74(70)82-49-29-47-68(97(82)107(92)99(84)94)63-31-27-33-65(59-63)101(4,5)6/h10-61H,1-9H3/i18D,19D,20D,21D,22D,23D,24D,25D,40D,41D,42D,43D,50D,51D,52D,53D,54D,55D,56D,57D,60D,61D. The van der Waals surface area contributed by atoms with E-state index in [0.717, 1.165) is 11.1 Å². The molecule has 0 aliphatic carbocycles. The summed E-state index contributed by atoms with van der Waals surface area (Å²) in [6.45, 7) is 16.7. The number of hydrogen-bond donors (Lipinski definition) is 0. The van der Waals surface area contributed by atoms with Crippen LogP contribution in [0.25, 0.3) is 175 Å². The zero-order valence-corrected chi connectivity index (χ0v) is 60.2. The molecule has 107 heavy (non-hydrogen) atoms. The summed E-state index contributed by atoms with van der Waals surface area (Å²) in [7, 11) is 0. The molecule has 21 rings (SSSR count). The summed E-state index contributed by atoms with van der Waals surface area (Å²) in [5, 5.41) is 4.18. The Morgan fingerprint density at radius 3 is 0.925 bits per heavy atom. The Morgan fingerprint density at radius 1 is 0.262 bits per heavy atom. The average Bonchev–Trinajstić information content (AvgIpc) is 1.11. The largest absolute Gasteiger partial charge is 0.309 e. The Labute approximate surface area is 654 Å². The quantitative estimate of drug-likeness (QED) is 0.157. The fraction of sp³-hybridized carbons (Fsp3) is 0.118. The van der Waals surface area contributed by atoms with Gasteiger partial charge in [0.2, 0.25) is 0 Å². The second-order valence-corrected chi connectivity index (χ2v) is 31.4. The molecule has 0 saturated heterocycles. The molecule has 5 heteroatoms. The minimum Gasteiger partial charge on any atom is -0.309 e. The van der Waals surface area contributed by atoms with E-state index in [9.17, 15) is 30.2 Å². The van der Waals surface area contributed by atoms with Crippen LogP contribution >= 0.6 is 0 Å². The van der Waals surface area contributed by atoms with Gasteiger partial charge in [-0.15, -0.1) is 0 Å². The van der Waals surface area contributed by atoms with Gasteiger partial charge in [-0.2, -0.15) is 0 Å². The summed E-state index contributed by atoms with van der Waals surface area (Å²) in [4.78, 5) is 0. The van der Waals surface area contributed by atoms with Crippen LogP contribution in [0.2, 0.25) is 0 Å². The first kappa shape index (κ1) is 44.4. The van der Waals surface area contributed by atoms with E-state index in [0.29, 0.717) is 87.1 Å². The van der Waals surface area contributed by atoms with Crippen molar-refractivity contribution in [1.29, 1.82) is 0 Å². The maximum atomic E-state index is 12.0. The van der Waals surface area contributed by atoms with Gasteiger partial charge in [-0.1, -0.05) is 329 Å². The molecule has 510 valence electrons. The van der Waals surface area contributed by atoms with Crippen LogP contribution in [0.4, 0.5) is 0 Å². The summed E-state index contributed by atoms with van der Waals surface area (Å²) in [6.07, 6.45) is 0. The first-order valence-electron chi connectivity index (χ1n) is 47.2.